The summed E-state index contributed by atoms with van der Waals surface area (Å²) in [4.78, 5) is 43.2. The molecule has 0 amide bonds. The van der Waals surface area contributed by atoms with Gasteiger partial charge in [0.15, 0.2) is 17.3 Å². The molecular weight excluding hydrogens is 426 g/mol. The molecule has 1 atom stereocenters. The van der Waals surface area contributed by atoms with Gasteiger partial charge < -0.3 is 9.64 Å². The lowest BCUT2D eigenvalue weighted by atomic mass is 9.61. The van der Waals surface area contributed by atoms with Gasteiger partial charge in [-0.25, -0.2) is 0 Å². The highest BCUT2D eigenvalue weighted by atomic mass is 16.5. The van der Waals surface area contributed by atoms with Gasteiger partial charge in [-0.05, 0) is 41.4 Å². The van der Waals surface area contributed by atoms with Crippen LogP contribution < -0.4 is 4.90 Å². The molecule has 184 valence electrons. The van der Waals surface area contributed by atoms with Crippen LogP contribution in [-0.2, 0) is 19.1 Å². The number of carbonyl (C=O) groups excluding carboxylic acids is 3. The Hall–Kier alpha value is -2.43. The summed E-state index contributed by atoms with van der Waals surface area (Å²) < 4.78 is 6.39. The molecule has 5 heteroatoms. The van der Waals surface area contributed by atoms with Gasteiger partial charge >= 0.3 is 0 Å². The summed E-state index contributed by atoms with van der Waals surface area (Å²) in [5.41, 5.74) is 0.225. The number of rotatable bonds is 6. The molecule has 1 aromatic rings. The standard InChI is InChI=1S/C29H39NO4/c1-7-13-30(14-8-2)20-11-9-19(10-12-20)26-25-21(31)15-27(3,4)16-22(25)34-29(26)23(32)17-28(5,6)18-24(29)33/h9-12,26H,7-8,13-18H2,1-6H3. The zero-order valence-corrected chi connectivity index (χ0v) is 21.6. The molecule has 1 heterocycles. The van der Waals surface area contributed by atoms with Crippen LogP contribution in [0.4, 0.5) is 5.69 Å². The Bertz CT molecular complexity index is 1000. The van der Waals surface area contributed by atoms with E-state index in [0.717, 1.165) is 37.2 Å². The number of anilines is 1. The Morgan fingerprint density at radius 3 is 1.88 bits per heavy atom. The molecule has 0 aromatic heterocycles. The number of allylic oxidation sites excluding steroid dienone is 1. The second-order valence-corrected chi connectivity index (χ2v) is 12.0. The maximum atomic E-state index is 13.7. The van der Waals surface area contributed by atoms with Crippen molar-refractivity contribution in [3.05, 3.63) is 41.2 Å². The second kappa shape index (κ2) is 8.66. The van der Waals surface area contributed by atoms with Gasteiger partial charge in [0.2, 0.25) is 5.60 Å². The van der Waals surface area contributed by atoms with Crippen molar-refractivity contribution in [2.24, 2.45) is 10.8 Å². The summed E-state index contributed by atoms with van der Waals surface area (Å²) in [6.45, 7) is 14.3. The van der Waals surface area contributed by atoms with E-state index < -0.39 is 16.9 Å². The predicted octanol–water partition coefficient (Wildman–Crippen LogP) is 5.77. The van der Waals surface area contributed by atoms with Crippen molar-refractivity contribution in [3.63, 3.8) is 0 Å². The monoisotopic (exact) mass is 465 g/mol. The molecule has 34 heavy (non-hydrogen) atoms. The Morgan fingerprint density at radius 1 is 0.824 bits per heavy atom. The van der Waals surface area contributed by atoms with Gasteiger partial charge in [0.25, 0.3) is 0 Å². The van der Waals surface area contributed by atoms with Crippen LogP contribution in [0.5, 0.6) is 0 Å². The number of benzene rings is 1. The van der Waals surface area contributed by atoms with Gasteiger partial charge in [-0.15, -0.1) is 0 Å². The highest BCUT2D eigenvalue weighted by molar-refractivity contribution is 6.17. The minimum absolute atomic E-state index is 0.00114. The number of nitrogens with zero attached hydrogens (tertiary/aromatic N) is 1. The quantitative estimate of drug-likeness (QED) is 0.499. The summed E-state index contributed by atoms with van der Waals surface area (Å²) >= 11 is 0. The van der Waals surface area contributed by atoms with E-state index in [-0.39, 0.29) is 35.6 Å². The minimum Gasteiger partial charge on any atom is -0.474 e. The lowest BCUT2D eigenvalue weighted by molar-refractivity contribution is -0.160. The molecule has 0 saturated heterocycles. The SMILES string of the molecule is CCCN(CCC)c1ccc(C2C3=C(CC(C)(C)CC3=O)OC23C(=O)CC(C)(C)CC3=O)cc1. The van der Waals surface area contributed by atoms with Crippen LogP contribution in [0.3, 0.4) is 0 Å². The molecular formula is C29H39NO4. The van der Waals surface area contributed by atoms with Gasteiger partial charge in [-0.1, -0.05) is 53.7 Å². The first-order valence-corrected chi connectivity index (χ1v) is 12.8. The first-order chi connectivity index (χ1) is 15.9. The molecule has 1 fully saturated rings. The van der Waals surface area contributed by atoms with E-state index in [1.807, 2.05) is 39.8 Å². The van der Waals surface area contributed by atoms with Crippen molar-refractivity contribution in [2.45, 2.75) is 91.6 Å². The van der Waals surface area contributed by atoms with Crippen LogP contribution >= 0.6 is 0 Å². The van der Waals surface area contributed by atoms with Crippen molar-refractivity contribution in [1.29, 1.82) is 0 Å². The van der Waals surface area contributed by atoms with Gasteiger partial charge in [-0.2, -0.15) is 0 Å². The number of carbonyl (C=O) groups is 3. The van der Waals surface area contributed by atoms with E-state index in [1.165, 1.54) is 0 Å². The van der Waals surface area contributed by atoms with Crippen molar-refractivity contribution >= 4 is 23.0 Å². The normalized spacial score (nSPS) is 24.9. The third-order valence-corrected chi connectivity index (χ3v) is 7.54. The van der Waals surface area contributed by atoms with Crippen molar-refractivity contribution < 1.29 is 19.1 Å². The first kappa shape index (κ1) is 24.7. The smallest absolute Gasteiger partial charge is 0.234 e. The summed E-state index contributed by atoms with van der Waals surface area (Å²) in [5, 5.41) is 0. The number of ether oxygens (including phenoxy) is 1. The van der Waals surface area contributed by atoms with Gasteiger partial charge in [-0.3, -0.25) is 14.4 Å². The fourth-order valence-corrected chi connectivity index (χ4v) is 6.12. The zero-order chi connectivity index (χ0) is 24.9. The van der Waals surface area contributed by atoms with Crippen LogP contribution in [0.25, 0.3) is 0 Å². The number of ketones is 3. The summed E-state index contributed by atoms with van der Waals surface area (Å²) in [5.74, 6) is -0.499. The number of hydrogen-bond donors (Lipinski definition) is 0. The average Bonchev–Trinajstić information content (AvgIpc) is 3.07. The lowest BCUT2D eigenvalue weighted by Gasteiger charge is -2.41. The fraction of sp³-hybridized carbons (Fsp3) is 0.621. The molecule has 2 aliphatic carbocycles. The third-order valence-electron chi connectivity index (χ3n) is 7.54. The molecule has 3 aliphatic rings. The number of Topliss-reactive ketones (excluding diaryl/α,β-unsaturated/α-hetero) is 3. The van der Waals surface area contributed by atoms with E-state index in [2.05, 4.69) is 30.9 Å². The highest BCUT2D eigenvalue weighted by Gasteiger charge is 2.65. The van der Waals surface area contributed by atoms with E-state index in [4.69, 9.17) is 4.74 Å². The predicted molar refractivity (Wildman–Crippen MR) is 134 cm³/mol. The van der Waals surface area contributed by atoms with Crippen LogP contribution in [0.15, 0.2) is 35.6 Å². The molecule has 1 spiro atoms. The first-order valence-electron chi connectivity index (χ1n) is 12.8. The second-order valence-electron chi connectivity index (χ2n) is 12.0. The van der Waals surface area contributed by atoms with Gasteiger partial charge in [0.1, 0.15) is 5.76 Å². The maximum Gasteiger partial charge on any atom is 0.234 e. The molecule has 0 bridgehead atoms. The Kier molecular flexibility index (Phi) is 6.28. The molecule has 4 rings (SSSR count). The van der Waals surface area contributed by atoms with Crippen molar-refractivity contribution in [3.8, 4) is 0 Å². The molecule has 5 nitrogen and oxygen atoms in total. The molecule has 1 unspecified atom stereocenters. The van der Waals surface area contributed by atoms with Gasteiger partial charge in [0.05, 0.1) is 5.92 Å². The molecule has 0 radical (unpaired) electrons. The van der Waals surface area contributed by atoms with Gasteiger partial charge in [0, 0.05) is 50.0 Å². The van der Waals surface area contributed by atoms with Crippen LogP contribution in [-0.4, -0.2) is 36.0 Å². The van der Waals surface area contributed by atoms with Crippen LogP contribution in [0, 0.1) is 10.8 Å². The Morgan fingerprint density at radius 2 is 1.35 bits per heavy atom. The van der Waals surface area contributed by atoms with E-state index in [1.54, 1.807) is 0 Å². The van der Waals surface area contributed by atoms with E-state index >= 15 is 0 Å². The summed E-state index contributed by atoms with van der Waals surface area (Å²) in [7, 11) is 0. The fourth-order valence-electron chi connectivity index (χ4n) is 6.12. The average molecular weight is 466 g/mol. The minimum atomic E-state index is -1.61. The third kappa shape index (κ3) is 4.12. The molecule has 1 aromatic carbocycles. The molecule has 1 saturated carbocycles. The molecule has 0 N–H and O–H groups in total. The van der Waals surface area contributed by atoms with E-state index in [9.17, 15) is 14.4 Å². The Balaban J connectivity index is 1.81. The molecule has 1 aliphatic heterocycles. The summed E-state index contributed by atoms with van der Waals surface area (Å²) in [6.07, 6.45) is 3.61. The summed E-state index contributed by atoms with van der Waals surface area (Å²) in [6, 6.07) is 8.11. The van der Waals surface area contributed by atoms with Crippen LogP contribution in [0.1, 0.15) is 91.5 Å². The zero-order valence-electron chi connectivity index (χ0n) is 21.6. The largest absolute Gasteiger partial charge is 0.474 e. The number of hydrogen-bond acceptors (Lipinski definition) is 5. The Labute approximate surface area is 203 Å². The van der Waals surface area contributed by atoms with Crippen LogP contribution in [0.2, 0.25) is 0 Å². The van der Waals surface area contributed by atoms with Crippen molar-refractivity contribution in [2.75, 3.05) is 18.0 Å². The highest BCUT2D eigenvalue weighted by Crippen LogP contribution is 2.57. The maximum absolute atomic E-state index is 13.7. The van der Waals surface area contributed by atoms with Crippen molar-refractivity contribution in [1.82, 2.24) is 0 Å². The van der Waals surface area contributed by atoms with E-state index in [0.29, 0.717) is 24.2 Å². The lowest BCUT2D eigenvalue weighted by Crippen LogP contribution is -2.57. The topological polar surface area (TPSA) is 63.7 Å².